The molecule has 146 valence electrons. The van der Waals surface area contributed by atoms with E-state index in [1.807, 2.05) is 19.1 Å². The van der Waals surface area contributed by atoms with Crippen molar-refractivity contribution in [2.24, 2.45) is 0 Å². The number of piperidine rings is 1. The van der Waals surface area contributed by atoms with E-state index < -0.39 is 0 Å². The zero-order chi connectivity index (χ0) is 19.4. The third-order valence-electron chi connectivity index (χ3n) is 4.79. The number of hydrogen-bond acceptors (Lipinski definition) is 6. The Kier molecular flexibility index (Phi) is 5.95. The number of nitrogens with one attached hydrogen (secondary N) is 1. The van der Waals surface area contributed by atoms with E-state index in [-0.39, 0.29) is 5.41 Å². The van der Waals surface area contributed by atoms with Gasteiger partial charge >= 0.3 is 0 Å². The molecule has 0 aromatic carbocycles. The van der Waals surface area contributed by atoms with Crippen LogP contribution in [0.25, 0.3) is 0 Å². The monoisotopic (exact) mass is 369 g/mol. The first-order valence-corrected chi connectivity index (χ1v) is 9.67. The van der Waals surface area contributed by atoms with E-state index >= 15 is 0 Å². The van der Waals surface area contributed by atoms with Crippen molar-refractivity contribution >= 4 is 11.6 Å². The summed E-state index contributed by atoms with van der Waals surface area (Å²) in [5.74, 6) is 2.82. The summed E-state index contributed by atoms with van der Waals surface area (Å²) in [5.41, 5.74) is 1.89. The van der Waals surface area contributed by atoms with Gasteiger partial charge in [0.25, 0.3) is 0 Å². The maximum absolute atomic E-state index is 5.28. The van der Waals surface area contributed by atoms with Gasteiger partial charge in [-0.3, -0.25) is 0 Å². The molecule has 27 heavy (non-hydrogen) atoms. The summed E-state index contributed by atoms with van der Waals surface area (Å²) in [5, 5.41) is 3.62. The van der Waals surface area contributed by atoms with Gasteiger partial charge < -0.3 is 15.0 Å². The van der Waals surface area contributed by atoms with Crippen molar-refractivity contribution in [1.82, 2.24) is 15.0 Å². The molecule has 0 atom stereocenters. The standard InChI is InChI=1S/C21H31N5O/c1-15-7-6-8-19(22-15)26-11-9-16(10-12-26)23-18-13-17(14-27-5)24-20(25-18)21(2,3)4/h6-8,13,16H,9-12,14H2,1-5H3,(H,23,24,25). The van der Waals surface area contributed by atoms with Crippen molar-refractivity contribution in [1.29, 1.82) is 0 Å². The topological polar surface area (TPSA) is 63.2 Å². The number of ether oxygens (including phenoxy) is 1. The van der Waals surface area contributed by atoms with Crippen LogP contribution >= 0.6 is 0 Å². The Morgan fingerprint density at radius 3 is 2.52 bits per heavy atom. The van der Waals surface area contributed by atoms with Crippen molar-refractivity contribution in [3.05, 3.63) is 41.5 Å². The van der Waals surface area contributed by atoms with Crippen LogP contribution in [0.5, 0.6) is 0 Å². The molecule has 3 heterocycles. The predicted octanol–water partition coefficient (Wildman–Crippen LogP) is 3.70. The number of pyridine rings is 1. The van der Waals surface area contributed by atoms with E-state index in [1.54, 1.807) is 7.11 Å². The third-order valence-corrected chi connectivity index (χ3v) is 4.79. The molecule has 0 spiro atoms. The Morgan fingerprint density at radius 1 is 1.15 bits per heavy atom. The maximum atomic E-state index is 5.28. The van der Waals surface area contributed by atoms with Crippen molar-refractivity contribution < 1.29 is 4.74 Å². The van der Waals surface area contributed by atoms with Gasteiger partial charge in [0, 0.05) is 43.4 Å². The molecule has 1 aliphatic rings. The lowest BCUT2D eigenvalue weighted by molar-refractivity contribution is 0.181. The van der Waals surface area contributed by atoms with E-state index in [0.29, 0.717) is 12.6 Å². The molecule has 6 heteroatoms. The van der Waals surface area contributed by atoms with Crippen LogP contribution in [-0.2, 0) is 16.8 Å². The maximum Gasteiger partial charge on any atom is 0.136 e. The number of anilines is 2. The highest BCUT2D eigenvalue weighted by Gasteiger charge is 2.23. The molecule has 0 bridgehead atoms. The number of rotatable bonds is 5. The summed E-state index contributed by atoms with van der Waals surface area (Å²) in [6, 6.07) is 8.63. The number of nitrogens with zero attached hydrogens (tertiary/aromatic N) is 4. The normalized spacial score (nSPS) is 15.8. The van der Waals surface area contributed by atoms with Crippen LogP contribution in [0, 0.1) is 6.92 Å². The molecule has 1 N–H and O–H groups in total. The summed E-state index contributed by atoms with van der Waals surface area (Å²) in [4.78, 5) is 16.4. The number of aryl methyl sites for hydroxylation is 1. The Labute approximate surface area is 162 Å². The molecule has 0 radical (unpaired) electrons. The van der Waals surface area contributed by atoms with Gasteiger partial charge in [-0.1, -0.05) is 26.8 Å². The lowest BCUT2D eigenvalue weighted by Crippen LogP contribution is -2.39. The molecule has 6 nitrogen and oxygen atoms in total. The Bertz CT molecular complexity index is 763. The Balaban J connectivity index is 1.67. The Hall–Kier alpha value is -2.21. The molecular weight excluding hydrogens is 338 g/mol. The van der Waals surface area contributed by atoms with Gasteiger partial charge in [0.15, 0.2) is 0 Å². The second-order valence-electron chi connectivity index (χ2n) is 8.29. The van der Waals surface area contributed by atoms with Gasteiger partial charge in [-0.2, -0.15) is 0 Å². The first-order valence-electron chi connectivity index (χ1n) is 9.67. The van der Waals surface area contributed by atoms with Crippen LogP contribution in [-0.4, -0.2) is 41.2 Å². The molecule has 0 unspecified atom stereocenters. The fourth-order valence-electron chi connectivity index (χ4n) is 3.30. The number of hydrogen-bond donors (Lipinski definition) is 1. The minimum absolute atomic E-state index is 0.0968. The quantitative estimate of drug-likeness (QED) is 0.867. The van der Waals surface area contributed by atoms with E-state index in [2.05, 4.69) is 53.1 Å². The van der Waals surface area contributed by atoms with Gasteiger partial charge in [0.05, 0.1) is 12.3 Å². The summed E-state index contributed by atoms with van der Waals surface area (Å²) >= 11 is 0. The average molecular weight is 370 g/mol. The van der Waals surface area contributed by atoms with Crippen molar-refractivity contribution in [2.75, 3.05) is 30.4 Å². The van der Waals surface area contributed by atoms with Gasteiger partial charge in [0.2, 0.25) is 0 Å². The summed E-state index contributed by atoms with van der Waals surface area (Å²) < 4.78 is 5.28. The third kappa shape index (κ3) is 5.16. The largest absolute Gasteiger partial charge is 0.378 e. The van der Waals surface area contributed by atoms with Crippen LogP contribution in [0.2, 0.25) is 0 Å². The fourth-order valence-corrected chi connectivity index (χ4v) is 3.30. The lowest BCUT2D eigenvalue weighted by atomic mass is 9.95. The molecule has 1 fully saturated rings. The summed E-state index contributed by atoms with van der Waals surface area (Å²) in [6.45, 7) is 10.9. The molecule has 1 saturated heterocycles. The zero-order valence-electron chi connectivity index (χ0n) is 17.1. The van der Waals surface area contributed by atoms with Crippen molar-refractivity contribution in [2.45, 2.75) is 58.6 Å². The molecule has 2 aromatic rings. The predicted molar refractivity (Wildman–Crippen MR) is 109 cm³/mol. The highest BCUT2D eigenvalue weighted by atomic mass is 16.5. The van der Waals surface area contributed by atoms with E-state index in [4.69, 9.17) is 9.72 Å². The lowest BCUT2D eigenvalue weighted by Gasteiger charge is -2.33. The van der Waals surface area contributed by atoms with Crippen molar-refractivity contribution in [3.8, 4) is 0 Å². The smallest absolute Gasteiger partial charge is 0.136 e. The highest BCUT2D eigenvalue weighted by molar-refractivity contribution is 5.42. The second kappa shape index (κ2) is 8.21. The highest BCUT2D eigenvalue weighted by Crippen LogP contribution is 2.24. The van der Waals surface area contributed by atoms with Crippen LogP contribution < -0.4 is 10.2 Å². The van der Waals surface area contributed by atoms with Gasteiger partial charge in [-0.15, -0.1) is 0 Å². The SMILES string of the molecule is COCc1cc(NC2CCN(c3cccc(C)n3)CC2)nc(C(C)(C)C)n1. The zero-order valence-corrected chi connectivity index (χ0v) is 17.1. The van der Waals surface area contributed by atoms with Crippen LogP contribution in [0.1, 0.15) is 50.8 Å². The fraction of sp³-hybridized carbons (Fsp3) is 0.571. The first kappa shape index (κ1) is 19.5. The number of methoxy groups -OCH3 is 1. The Morgan fingerprint density at radius 2 is 1.89 bits per heavy atom. The van der Waals surface area contributed by atoms with Crippen LogP contribution in [0.3, 0.4) is 0 Å². The average Bonchev–Trinajstić information content (AvgIpc) is 2.62. The van der Waals surface area contributed by atoms with Crippen LogP contribution in [0.4, 0.5) is 11.6 Å². The minimum Gasteiger partial charge on any atom is -0.378 e. The van der Waals surface area contributed by atoms with Crippen LogP contribution in [0.15, 0.2) is 24.3 Å². The molecule has 1 aliphatic heterocycles. The van der Waals surface area contributed by atoms with Crippen molar-refractivity contribution in [3.63, 3.8) is 0 Å². The molecule has 0 amide bonds. The minimum atomic E-state index is -0.0968. The first-order chi connectivity index (χ1) is 12.8. The molecule has 3 rings (SSSR count). The summed E-state index contributed by atoms with van der Waals surface area (Å²) in [7, 11) is 1.70. The van der Waals surface area contributed by atoms with E-state index in [1.165, 1.54) is 0 Å². The molecule has 0 aliphatic carbocycles. The molecule has 0 saturated carbocycles. The van der Waals surface area contributed by atoms with E-state index in [0.717, 1.165) is 54.8 Å². The number of aromatic nitrogens is 3. The van der Waals surface area contributed by atoms with Gasteiger partial charge in [0.1, 0.15) is 17.5 Å². The summed E-state index contributed by atoms with van der Waals surface area (Å²) in [6.07, 6.45) is 2.12. The second-order valence-corrected chi connectivity index (χ2v) is 8.29. The molecule has 2 aromatic heterocycles. The van der Waals surface area contributed by atoms with E-state index in [9.17, 15) is 0 Å². The van der Waals surface area contributed by atoms with Gasteiger partial charge in [-0.05, 0) is 31.9 Å². The molecular formula is C21H31N5O. The van der Waals surface area contributed by atoms with Gasteiger partial charge in [-0.25, -0.2) is 15.0 Å².